The zero-order valence-corrected chi connectivity index (χ0v) is 15.4. The lowest BCUT2D eigenvalue weighted by molar-refractivity contribution is 0.0599. The van der Waals surface area contributed by atoms with Crippen LogP contribution < -0.4 is 5.32 Å². The number of guanidine groups is 1. The minimum atomic E-state index is 0.451. The highest BCUT2D eigenvalue weighted by Gasteiger charge is 2.23. The first-order valence-electron chi connectivity index (χ1n) is 9.62. The second-order valence-corrected chi connectivity index (χ2v) is 6.73. The number of piperazine rings is 1. The molecule has 2 fully saturated rings. The Morgan fingerprint density at radius 1 is 1.32 bits per heavy atom. The minimum absolute atomic E-state index is 0.451. The molecule has 2 saturated heterocycles. The molecule has 1 aromatic rings. The Kier molecular flexibility index (Phi) is 7.06. The van der Waals surface area contributed by atoms with E-state index in [4.69, 9.17) is 9.73 Å². The van der Waals surface area contributed by atoms with Gasteiger partial charge in [-0.15, -0.1) is 0 Å². The number of hydrogen-bond donors (Lipinski definition) is 1. The van der Waals surface area contributed by atoms with Crippen LogP contribution in [-0.4, -0.2) is 79.3 Å². The Morgan fingerprint density at radius 2 is 2.20 bits per heavy atom. The van der Waals surface area contributed by atoms with Crippen LogP contribution in [0.4, 0.5) is 0 Å². The van der Waals surface area contributed by atoms with Crippen molar-refractivity contribution in [3.63, 3.8) is 0 Å². The lowest BCUT2D eigenvalue weighted by atomic mass is 10.2. The molecule has 0 radical (unpaired) electrons. The van der Waals surface area contributed by atoms with Gasteiger partial charge in [0.25, 0.3) is 0 Å². The van der Waals surface area contributed by atoms with E-state index < -0.39 is 0 Å². The molecule has 1 N–H and O–H groups in total. The molecule has 3 rings (SSSR count). The van der Waals surface area contributed by atoms with Crippen molar-refractivity contribution in [2.45, 2.75) is 32.3 Å². The summed E-state index contributed by atoms with van der Waals surface area (Å²) in [6, 6.07) is 6.05. The van der Waals surface area contributed by atoms with Gasteiger partial charge in [0.05, 0.1) is 6.10 Å². The van der Waals surface area contributed by atoms with Crippen LogP contribution in [-0.2, 0) is 11.2 Å². The Labute approximate surface area is 151 Å². The molecule has 0 aliphatic carbocycles. The number of aromatic nitrogens is 1. The van der Waals surface area contributed by atoms with Gasteiger partial charge in [0.1, 0.15) is 0 Å². The number of aliphatic imine (C=N–C) groups is 1. The Morgan fingerprint density at radius 3 is 2.88 bits per heavy atom. The third-order valence-corrected chi connectivity index (χ3v) is 4.85. The molecule has 1 atom stereocenters. The van der Waals surface area contributed by atoms with Gasteiger partial charge in [-0.3, -0.25) is 14.9 Å². The molecule has 138 valence electrons. The monoisotopic (exact) mass is 345 g/mol. The maximum absolute atomic E-state index is 5.77. The highest BCUT2D eigenvalue weighted by Crippen LogP contribution is 2.14. The van der Waals surface area contributed by atoms with Gasteiger partial charge in [0.15, 0.2) is 5.96 Å². The molecule has 1 aromatic heterocycles. The van der Waals surface area contributed by atoms with Crippen LogP contribution in [0.5, 0.6) is 0 Å². The van der Waals surface area contributed by atoms with Crippen molar-refractivity contribution in [1.82, 2.24) is 20.1 Å². The van der Waals surface area contributed by atoms with E-state index in [0.717, 1.165) is 70.5 Å². The highest BCUT2D eigenvalue weighted by molar-refractivity contribution is 5.80. The molecule has 2 aliphatic rings. The van der Waals surface area contributed by atoms with Gasteiger partial charge in [-0.25, -0.2) is 0 Å². The second-order valence-electron chi connectivity index (χ2n) is 6.73. The van der Waals surface area contributed by atoms with Crippen LogP contribution in [0, 0.1) is 0 Å². The lowest BCUT2D eigenvalue weighted by Crippen LogP contribution is -2.53. The van der Waals surface area contributed by atoms with E-state index in [2.05, 4.69) is 33.1 Å². The van der Waals surface area contributed by atoms with Gasteiger partial charge >= 0.3 is 0 Å². The third-order valence-electron chi connectivity index (χ3n) is 4.85. The summed E-state index contributed by atoms with van der Waals surface area (Å²) in [5, 5.41) is 3.44. The zero-order valence-electron chi connectivity index (χ0n) is 15.4. The standard InChI is InChI=1S/C19H31N5O/c1-2-20-19(22-10-8-17-6-3-4-9-21-17)24-13-11-23(12-14-24)16-18-7-5-15-25-18/h3-4,6,9,18H,2,5,7-8,10-16H2,1H3,(H,20,22). The molecule has 3 heterocycles. The van der Waals surface area contributed by atoms with E-state index in [0.29, 0.717) is 6.10 Å². The van der Waals surface area contributed by atoms with Gasteiger partial charge in [-0.05, 0) is 31.9 Å². The molecular formula is C19H31N5O. The lowest BCUT2D eigenvalue weighted by Gasteiger charge is -2.37. The zero-order chi connectivity index (χ0) is 17.3. The summed E-state index contributed by atoms with van der Waals surface area (Å²) in [5.41, 5.74) is 1.10. The van der Waals surface area contributed by atoms with Crippen LogP contribution >= 0.6 is 0 Å². The van der Waals surface area contributed by atoms with Crippen molar-refractivity contribution < 1.29 is 4.74 Å². The number of pyridine rings is 1. The van der Waals surface area contributed by atoms with Crippen LogP contribution in [0.1, 0.15) is 25.5 Å². The Balaban J connectivity index is 1.46. The summed E-state index contributed by atoms with van der Waals surface area (Å²) >= 11 is 0. The summed E-state index contributed by atoms with van der Waals surface area (Å²) in [7, 11) is 0. The largest absolute Gasteiger partial charge is 0.377 e. The van der Waals surface area contributed by atoms with Crippen molar-refractivity contribution >= 4 is 5.96 Å². The van der Waals surface area contributed by atoms with Gasteiger partial charge in [0, 0.05) is 70.7 Å². The first-order chi connectivity index (χ1) is 12.3. The third kappa shape index (κ3) is 5.68. The van der Waals surface area contributed by atoms with E-state index in [-0.39, 0.29) is 0 Å². The molecule has 0 spiro atoms. The summed E-state index contributed by atoms with van der Waals surface area (Å²) in [4.78, 5) is 14.1. The Bertz CT molecular complexity index is 522. The fraction of sp³-hybridized carbons (Fsp3) is 0.684. The second kappa shape index (κ2) is 9.73. The number of ether oxygens (including phenoxy) is 1. The van der Waals surface area contributed by atoms with Gasteiger partial charge in [-0.1, -0.05) is 6.07 Å². The van der Waals surface area contributed by atoms with Gasteiger partial charge < -0.3 is 15.0 Å². The van der Waals surface area contributed by atoms with Gasteiger partial charge in [-0.2, -0.15) is 0 Å². The van der Waals surface area contributed by atoms with Crippen molar-refractivity contribution in [3.05, 3.63) is 30.1 Å². The van der Waals surface area contributed by atoms with Crippen molar-refractivity contribution in [2.24, 2.45) is 4.99 Å². The fourth-order valence-electron chi connectivity index (χ4n) is 3.47. The molecule has 0 aromatic carbocycles. The smallest absolute Gasteiger partial charge is 0.194 e. The van der Waals surface area contributed by atoms with Crippen LogP contribution in [0.3, 0.4) is 0 Å². The van der Waals surface area contributed by atoms with E-state index >= 15 is 0 Å². The molecule has 25 heavy (non-hydrogen) atoms. The molecular weight excluding hydrogens is 314 g/mol. The van der Waals surface area contributed by atoms with Gasteiger partial charge in [0.2, 0.25) is 0 Å². The summed E-state index contributed by atoms with van der Waals surface area (Å²) in [5.74, 6) is 1.04. The number of hydrogen-bond acceptors (Lipinski definition) is 4. The maximum Gasteiger partial charge on any atom is 0.194 e. The van der Waals surface area contributed by atoms with Crippen LogP contribution in [0.15, 0.2) is 29.4 Å². The molecule has 0 amide bonds. The van der Waals surface area contributed by atoms with Crippen molar-refractivity contribution in [2.75, 3.05) is 52.4 Å². The molecule has 0 bridgehead atoms. The number of rotatable bonds is 6. The average molecular weight is 345 g/mol. The molecule has 6 heteroatoms. The van der Waals surface area contributed by atoms with Crippen molar-refractivity contribution in [1.29, 1.82) is 0 Å². The highest BCUT2D eigenvalue weighted by atomic mass is 16.5. The normalized spacial score (nSPS) is 22.4. The summed E-state index contributed by atoms with van der Waals surface area (Å²) in [6.45, 7) is 10.1. The topological polar surface area (TPSA) is 53.0 Å². The van der Waals surface area contributed by atoms with E-state index in [1.807, 2.05) is 18.3 Å². The first kappa shape index (κ1) is 18.1. The van der Waals surface area contributed by atoms with Crippen LogP contribution in [0.2, 0.25) is 0 Å². The first-order valence-corrected chi connectivity index (χ1v) is 9.62. The molecule has 6 nitrogen and oxygen atoms in total. The maximum atomic E-state index is 5.77. The average Bonchev–Trinajstić information content (AvgIpc) is 3.16. The SMILES string of the molecule is CCNC(=NCCc1ccccn1)N1CCN(CC2CCCO2)CC1. The molecule has 1 unspecified atom stereocenters. The summed E-state index contributed by atoms with van der Waals surface area (Å²) < 4.78 is 5.77. The molecule has 2 aliphatic heterocycles. The van der Waals surface area contributed by atoms with E-state index in [1.165, 1.54) is 12.8 Å². The Hall–Kier alpha value is -1.66. The summed E-state index contributed by atoms with van der Waals surface area (Å²) in [6.07, 6.45) is 5.62. The minimum Gasteiger partial charge on any atom is -0.377 e. The van der Waals surface area contributed by atoms with Crippen molar-refractivity contribution in [3.8, 4) is 0 Å². The number of nitrogens with zero attached hydrogens (tertiary/aromatic N) is 4. The predicted octanol–water partition coefficient (Wildman–Crippen LogP) is 1.39. The predicted molar refractivity (Wildman–Crippen MR) is 101 cm³/mol. The van der Waals surface area contributed by atoms with E-state index in [1.54, 1.807) is 0 Å². The van der Waals surface area contributed by atoms with Crippen LogP contribution in [0.25, 0.3) is 0 Å². The fourth-order valence-corrected chi connectivity index (χ4v) is 3.47. The number of nitrogens with one attached hydrogen (secondary N) is 1. The van der Waals surface area contributed by atoms with E-state index in [9.17, 15) is 0 Å². The quantitative estimate of drug-likeness (QED) is 0.624. The molecule has 0 saturated carbocycles.